The summed E-state index contributed by atoms with van der Waals surface area (Å²) in [6.45, 7) is 5.77. The zero-order valence-electron chi connectivity index (χ0n) is 8.82. The van der Waals surface area contributed by atoms with Crippen LogP contribution in [0.2, 0.25) is 0 Å². The Morgan fingerprint density at radius 1 is 1.00 bits per heavy atom. The normalized spacial score (nSPS) is 12.5. The number of nitrogens with zero attached hydrogens (tertiary/aromatic N) is 1. The van der Waals surface area contributed by atoms with Gasteiger partial charge in [-0.1, -0.05) is 13.8 Å². The molecular formula is C7H18BF4N. The number of hydrogen-bond donors (Lipinski definition) is 0. The van der Waals surface area contributed by atoms with Crippen LogP contribution in [0.5, 0.6) is 0 Å². The molecule has 82 valence electrons. The van der Waals surface area contributed by atoms with Gasteiger partial charge in [0.05, 0.1) is 27.7 Å². The molecule has 1 nitrogen and oxygen atoms in total. The lowest BCUT2D eigenvalue weighted by atomic mass is 10.2. The highest BCUT2D eigenvalue weighted by molar-refractivity contribution is 6.50. The fourth-order valence-corrected chi connectivity index (χ4v) is 1.10. The van der Waals surface area contributed by atoms with Gasteiger partial charge in [0, 0.05) is 5.92 Å². The number of hydrogen-bond acceptors (Lipinski definition) is 0. The third-order valence-electron chi connectivity index (χ3n) is 0.913. The van der Waals surface area contributed by atoms with Crippen molar-refractivity contribution in [3.63, 3.8) is 0 Å². The Bertz CT molecular complexity index is 121. The molecule has 0 amide bonds. The minimum atomic E-state index is -6.00. The summed E-state index contributed by atoms with van der Waals surface area (Å²) in [4.78, 5) is 0. The molecule has 0 rings (SSSR count). The van der Waals surface area contributed by atoms with E-state index >= 15 is 0 Å². The van der Waals surface area contributed by atoms with Crippen molar-refractivity contribution in [2.24, 2.45) is 5.92 Å². The Morgan fingerprint density at radius 2 is 1.23 bits per heavy atom. The van der Waals surface area contributed by atoms with Crippen LogP contribution in [0.15, 0.2) is 0 Å². The second kappa shape index (κ2) is 5.47. The van der Waals surface area contributed by atoms with Crippen molar-refractivity contribution in [1.82, 2.24) is 0 Å². The maximum atomic E-state index is 9.75. The molecule has 0 aromatic heterocycles. The maximum absolute atomic E-state index is 9.75. The Balaban J connectivity index is 0. The average Bonchev–Trinajstić information content (AvgIpc) is 1.47. The van der Waals surface area contributed by atoms with E-state index in [-0.39, 0.29) is 0 Å². The van der Waals surface area contributed by atoms with Crippen molar-refractivity contribution in [2.75, 3.05) is 27.7 Å². The van der Waals surface area contributed by atoms with E-state index in [1.54, 1.807) is 0 Å². The minimum Gasteiger partial charge on any atom is -0.418 e. The summed E-state index contributed by atoms with van der Waals surface area (Å²) in [6, 6.07) is 0. The number of halogens is 4. The van der Waals surface area contributed by atoms with Gasteiger partial charge in [0.2, 0.25) is 0 Å². The summed E-state index contributed by atoms with van der Waals surface area (Å²) < 4.78 is 40.1. The van der Waals surface area contributed by atoms with Gasteiger partial charge in [-0.15, -0.1) is 0 Å². The summed E-state index contributed by atoms with van der Waals surface area (Å²) in [6.07, 6.45) is 0. The zero-order chi connectivity index (χ0) is 11.3. The predicted octanol–water partition coefficient (Wildman–Crippen LogP) is 2.65. The highest BCUT2D eigenvalue weighted by Gasteiger charge is 2.20. The summed E-state index contributed by atoms with van der Waals surface area (Å²) in [5.41, 5.74) is 0. The molecule has 0 aliphatic carbocycles. The van der Waals surface area contributed by atoms with Crippen molar-refractivity contribution in [2.45, 2.75) is 13.8 Å². The van der Waals surface area contributed by atoms with Gasteiger partial charge in [0.15, 0.2) is 0 Å². The molecule has 0 spiro atoms. The summed E-state index contributed by atoms with van der Waals surface area (Å²) in [5.74, 6) is 0.815. The molecule has 0 radical (unpaired) electrons. The molecule has 0 aliphatic rings. The van der Waals surface area contributed by atoms with E-state index in [2.05, 4.69) is 35.0 Å². The highest BCUT2D eigenvalue weighted by Crippen LogP contribution is 2.06. The summed E-state index contributed by atoms with van der Waals surface area (Å²) >= 11 is 0. The number of quaternary nitrogens is 1. The standard InChI is InChI=1S/C7H18N.BF4/c1-7(2)6-8(3,4)5;2-1(3,4)5/h7H,6H2,1-5H3;/q+1;-1. The Labute approximate surface area is 77.4 Å². The third kappa shape index (κ3) is 49.5. The van der Waals surface area contributed by atoms with Crippen LogP contribution >= 0.6 is 0 Å². The summed E-state index contributed by atoms with van der Waals surface area (Å²) in [7, 11) is 0.667. The van der Waals surface area contributed by atoms with Gasteiger partial charge >= 0.3 is 7.25 Å². The summed E-state index contributed by atoms with van der Waals surface area (Å²) in [5, 5.41) is 0. The molecule has 0 saturated heterocycles. The second-order valence-corrected chi connectivity index (χ2v) is 4.36. The SMILES string of the molecule is CC(C)C[N+](C)(C)C.F[B-](F)(F)F. The fraction of sp³-hybridized carbons (Fsp3) is 1.00. The van der Waals surface area contributed by atoms with Crippen LogP contribution in [0, 0.1) is 5.92 Å². The Kier molecular flexibility index (Phi) is 6.41. The number of rotatable bonds is 2. The largest absolute Gasteiger partial charge is 0.673 e. The second-order valence-electron chi connectivity index (χ2n) is 4.36. The Hall–Kier alpha value is -0.255. The average molecular weight is 203 g/mol. The molecule has 13 heavy (non-hydrogen) atoms. The third-order valence-corrected chi connectivity index (χ3v) is 0.913. The van der Waals surface area contributed by atoms with Gasteiger partial charge in [0.1, 0.15) is 0 Å². The first-order valence-electron chi connectivity index (χ1n) is 4.09. The van der Waals surface area contributed by atoms with Gasteiger partial charge in [-0.2, -0.15) is 0 Å². The molecule has 0 N–H and O–H groups in total. The van der Waals surface area contributed by atoms with Crippen molar-refractivity contribution >= 4 is 7.25 Å². The first-order valence-corrected chi connectivity index (χ1v) is 4.09. The first-order chi connectivity index (χ1) is 5.42. The van der Waals surface area contributed by atoms with Crippen molar-refractivity contribution < 1.29 is 21.7 Å². The molecule has 0 atom stereocenters. The molecule has 0 fully saturated rings. The van der Waals surface area contributed by atoms with Crippen LogP contribution < -0.4 is 0 Å². The fourth-order valence-electron chi connectivity index (χ4n) is 1.10. The maximum Gasteiger partial charge on any atom is 0.673 e. The minimum absolute atomic E-state index is 0.815. The van der Waals surface area contributed by atoms with Crippen LogP contribution in [0.4, 0.5) is 17.3 Å². The molecule has 0 saturated carbocycles. The van der Waals surface area contributed by atoms with E-state index in [9.17, 15) is 17.3 Å². The highest BCUT2D eigenvalue weighted by atomic mass is 19.5. The van der Waals surface area contributed by atoms with Crippen LogP contribution in [0.1, 0.15) is 13.8 Å². The monoisotopic (exact) mass is 203 g/mol. The van der Waals surface area contributed by atoms with E-state index in [0.29, 0.717) is 0 Å². The topological polar surface area (TPSA) is 0 Å². The van der Waals surface area contributed by atoms with Crippen molar-refractivity contribution in [3.05, 3.63) is 0 Å². The van der Waals surface area contributed by atoms with E-state index in [4.69, 9.17) is 0 Å². The lowest BCUT2D eigenvalue weighted by molar-refractivity contribution is -0.873. The molecule has 0 aromatic rings. The van der Waals surface area contributed by atoms with Gasteiger partial charge in [0.25, 0.3) is 0 Å². The van der Waals surface area contributed by atoms with E-state index < -0.39 is 7.25 Å². The Morgan fingerprint density at radius 3 is 1.23 bits per heavy atom. The van der Waals surface area contributed by atoms with Crippen LogP contribution in [-0.4, -0.2) is 39.4 Å². The molecule has 0 heterocycles. The van der Waals surface area contributed by atoms with Crippen molar-refractivity contribution in [3.8, 4) is 0 Å². The van der Waals surface area contributed by atoms with Gasteiger partial charge in [-0.3, -0.25) is 0 Å². The molecule has 0 bridgehead atoms. The van der Waals surface area contributed by atoms with Gasteiger partial charge < -0.3 is 21.7 Å². The van der Waals surface area contributed by atoms with Crippen LogP contribution in [0.3, 0.4) is 0 Å². The quantitative estimate of drug-likeness (QED) is 0.367. The predicted molar refractivity (Wildman–Crippen MR) is 47.9 cm³/mol. The lowest BCUT2D eigenvalue weighted by Gasteiger charge is -2.25. The molecular weight excluding hydrogens is 185 g/mol. The van der Waals surface area contributed by atoms with Gasteiger partial charge in [-0.05, 0) is 0 Å². The molecule has 0 unspecified atom stereocenters. The first kappa shape index (κ1) is 15.2. The van der Waals surface area contributed by atoms with E-state index in [1.807, 2.05) is 0 Å². The van der Waals surface area contributed by atoms with E-state index in [1.165, 1.54) is 6.54 Å². The zero-order valence-corrected chi connectivity index (χ0v) is 8.82. The van der Waals surface area contributed by atoms with Crippen LogP contribution in [-0.2, 0) is 0 Å². The van der Waals surface area contributed by atoms with E-state index in [0.717, 1.165) is 10.4 Å². The lowest BCUT2D eigenvalue weighted by Crippen LogP contribution is -2.37. The molecule has 0 aromatic carbocycles. The van der Waals surface area contributed by atoms with Crippen molar-refractivity contribution in [1.29, 1.82) is 0 Å². The molecule has 0 aliphatic heterocycles. The smallest absolute Gasteiger partial charge is 0.418 e. The van der Waals surface area contributed by atoms with Gasteiger partial charge in [-0.25, -0.2) is 0 Å². The molecule has 6 heteroatoms. The van der Waals surface area contributed by atoms with Crippen LogP contribution in [0.25, 0.3) is 0 Å².